The van der Waals surface area contributed by atoms with Crippen molar-refractivity contribution in [3.05, 3.63) is 93.8 Å². The van der Waals surface area contributed by atoms with Crippen LogP contribution in [0, 0.1) is 17.0 Å². The van der Waals surface area contributed by atoms with E-state index < -0.39 is 16.3 Å². The number of fused-ring (bicyclic) bond motifs is 2. The minimum absolute atomic E-state index is 0.221. The van der Waals surface area contributed by atoms with Crippen molar-refractivity contribution in [2.75, 3.05) is 10.6 Å². The van der Waals surface area contributed by atoms with E-state index in [1.54, 1.807) is 36.5 Å². The van der Waals surface area contributed by atoms with E-state index in [9.17, 15) is 13.5 Å². The molecule has 0 radical (unpaired) electrons. The van der Waals surface area contributed by atoms with Gasteiger partial charge in [-0.25, -0.2) is 12.7 Å². The summed E-state index contributed by atoms with van der Waals surface area (Å²) in [4.78, 5) is 2.76. The molecule has 5 nitrogen and oxygen atoms in total. The third-order valence-electron chi connectivity index (χ3n) is 4.43. The standard InChI is InChI=1S/C15H14N2O3S2.C7H6/c1-3-11-7-4-5-9-13(11)17(22(2,19)20)15(18)12-8-6-10-16-14(12)21;1-2-7-4-3-6(1)5-7/h1,4-10,15,18H,2H3,(H,16,21);1-4H,5H2. The van der Waals surface area contributed by atoms with Crippen LogP contribution in [0.5, 0.6) is 0 Å². The number of aromatic amines is 1. The van der Waals surface area contributed by atoms with E-state index in [4.69, 9.17) is 18.6 Å². The van der Waals surface area contributed by atoms with Crippen LogP contribution < -0.4 is 4.31 Å². The van der Waals surface area contributed by atoms with Gasteiger partial charge in [0.05, 0.1) is 11.9 Å². The number of rotatable bonds is 4. The first kappa shape index (κ1) is 20.8. The molecule has 7 heteroatoms. The lowest BCUT2D eigenvalue weighted by atomic mass is 10.1. The predicted octanol–water partition coefficient (Wildman–Crippen LogP) is 4.00. The Hall–Kier alpha value is -2.92. The zero-order valence-electron chi connectivity index (χ0n) is 15.7. The number of sulfonamides is 1. The highest BCUT2D eigenvalue weighted by Gasteiger charge is 2.29. The van der Waals surface area contributed by atoms with Crippen molar-refractivity contribution in [1.82, 2.24) is 4.98 Å². The molecule has 2 N–H and O–H groups in total. The Labute approximate surface area is 175 Å². The summed E-state index contributed by atoms with van der Waals surface area (Å²) in [5.74, 6) is 2.42. The number of aromatic nitrogens is 1. The van der Waals surface area contributed by atoms with Gasteiger partial charge < -0.3 is 10.1 Å². The number of hydrogen-bond acceptors (Lipinski definition) is 4. The Morgan fingerprint density at radius 2 is 1.83 bits per heavy atom. The fourth-order valence-corrected chi connectivity index (χ4v) is 4.29. The molecule has 0 saturated carbocycles. The monoisotopic (exact) mass is 424 g/mol. The molecule has 148 valence electrons. The lowest BCUT2D eigenvalue weighted by Gasteiger charge is -2.28. The molecule has 0 saturated heterocycles. The number of benzene rings is 1. The summed E-state index contributed by atoms with van der Waals surface area (Å²) >= 11 is 5.10. The first-order valence-electron chi connectivity index (χ1n) is 8.80. The molecule has 1 atom stereocenters. The molecular weight excluding hydrogens is 404 g/mol. The fraction of sp³-hybridized carbons (Fsp3) is 0.136. The molecule has 1 aromatic carbocycles. The highest BCUT2D eigenvalue weighted by Crippen LogP contribution is 2.31. The van der Waals surface area contributed by atoms with Gasteiger partial charge in [0.2, 0.25) is 10.0 Å². The van der Waals surface area contributed by atoms with Gasteiger partial charge in [0.1, 0.15) is 4.64 Å². The smallest absolute Gasteiger partial charge is 0.234 e. The maximum Gasteiger partial charge on any atom is 0.234 e. The van der Waals surface area contributed by atoms with E-state index in [1.807, 2.05) is 0 Å². The zero-order chi connectivity index (χ0) is 21.0. The van der Waals surface area contributed by atoms with E-state index >= 15 is 0 Å². The molecule has 0 aliphatic heterocycles. The van der Waals surface area contributed by atoms with E-state index in [2.05, 4.69) is 35.2 Å². The number of para-hydroxylation sites is 1. The second-order valence-corrected chi connectivity index (χ2v) is 8.81. The Morgan fingerprint density at radius 3 is 2.31 bits per heavy atom. The molecule has 2 aliphatic carbocycles. The van der Waals surface area contributed by atoms with Crippen LogP contribution >= 0.6 is 12.2 Å². The van der Waals surface area contributed by atoms with Gasteiger partial charge in [-0.2, -0.15) is 0 Å². The summed E-state index contributed by atoms with van der Waals surface area (Å²) in [7, 11) is -3.79. The molecule has 2 aliphatic rings. The maximum absolute atomic E-state index is 12.2. The average molecular weight is 425 g/mol. The molecule has 4 rings (SSSR count). The van der Waals surface area contributed by atoms with Crippen molar-refractivity contribution in [3.8, 4) is 12.3 Å². The topological polar surface area (TPSA) is 73.4 Å². The Kier molecular flexibility index (Phi) is 6.18. The van der Waals surface area contributed by atoms with Crippen LogP contribution in [0.4, 0.5) is 5.69 Å². The van der Waals surface area contributed by atoms with Crippen LogP contribution in [0.25, 0.3) is 0 Å². The van der Waals surface area contributed by atoms with Crippen molar-refractivity contribution in [2.24, 2.45) is 0 Å². The molecule has 1 unspecified atom stereocenters. The number of aliphatic hydroxyl groups excluding tert-OH is 1. The normalized spacial score (nSPS) is 14.9. The number of allylic oxidation sites excluding steroid dienone is 6. The second kappa shape index (κ2) is 8.62. The summed E-state index contributed by atoms with van der Waals surface area (Å²) in [6.07, 6.45) is 16.4. The van der Waals surface area contributed by atoms with Gasteiger partial charge in [-0.1, -0.05) is 60.6 Å². The number of aliphatic hydroxyl groups is 1. The van der Waals surface area contributed by atoms with Gasteiger partial charge in [0.25, 0.3) is 0 Å². The van der Waals surface area contributed by atoms with Crippen LogP contribution in [0.3, 0.4) is 0 Å². The summed E-state index contributed by atoms with van der Waals surface area (Å²) < 4.78 is 25.5. The van der Waals surface area contributed by atoms with Crippen LogP contribution in [0.2, 0.25) is 0 Å². The number of nitrogens with one attached hydrogen (secondary N) is 1. The number of anilines is 1. The van der Waals surface area contributed by atoms with Crippen molar-refractivity contribution in [2.45, 2.75) is 12.6 Å². The Morgan fingerprint density at radius 1 is 1.17 bits per heavy atom. The average Bonchev–Trinajstić information content (AvgIpc) is 3.34. The lowest BCUT2D eigenvalue weighted by molar-refractivity contribution is 0.189. The van der Waals surface area contributed by atoms with Crippen LogP contribution in [-0.4, -0.2) is 24.8 Å². The molecule has 0 fully saturated rings. The highest BCUT2D eigenvalue weighted by atomic mass is 32.2. The molecule has 1 aromatic heterocycles. The van der Waals surface area contributed by atoms with Gasteiger partial charge in [-0.15, -0.1) is 6.42 Å². The van der Waals surface area contributed by atoms with Crippen LogP contribution in [0.15, 0.2) is 78.0 Å². The molecule has 2 aromatic rings. The fourth-order valence-electron chi connectivity index (χ4n) is 3.05. The number of pyridine rings is 1. The van der Waals surface area contributed by atoms with Crippen molar-refractivity contribution < 1.29 is 13.5 Å². The van der Waals surface area contributed by atoms with Gasteiger partial charge in [-0.3, -0.25) is 0 Å². The molecule has 0 amide bonds. The second-order valence-electron chi connectivity index (χ2n) is 6.54. The van der Waals surface area contributed by atoms with Gasteiger partial charge in [0, 0.05) is 17.3 Å². The maximum atomic E-state index is 12.2. The number of nitrogens with zero attached hydrogens (tertiary/aromatic N) is 1. The van der Waals surface area contributed by atoms with E-state index in [1.165, 1.54) is 23.6 Å². The van der Waals surface area contributed by atoms with Gasteiger partial charge in [-0.05, 0) is 35.8 Å². The Bertz CT molecular complexity index is 1190. The molecule has 1 heterocycles. The summed E-state index contributed by atoms with van der Waals surface area (Å²) in [6.45, 7) is 0. The third-order valence-corrected chi connectivity index (χ3v) is 5.90. The summed E-state index contributed by atoms with van der Waals surface area (Å²) in [5.41, 5.74) is 3.79. The molecule has 29 heavy (non-hydrogen) atoms. The van der Waals surface area contributed by atoms with E-state index in [0.717, 1.165) is 10.6 Å². The highest BCUT2D eigenvalue weighted by molar-refractivity contribution is 7.92. The first-order valence-corrected chi connectivity index (χ1v) is 11.1. The lowest BCUT2D eigenvalue weighted by Crippen LogP contribution is -2.34. The summed E-state index contributed by atoms with van der Waals surface area (Å²) in [5, 5.41) is 10.6. The van der Waals surface area contributed by atoms with Crippen molar-refractivity contribution in [1.29, 1.82) is 0 Å². The molecule has 2 bridgehead atoms. The summed E-state index contributed by atoms with van der Waals surface area (Å²) in [6, 6.07) is 9.66. The minimum atomic E-state index is -3.79. The zero-order valence-corrected chi connectivity index (χ0v) is 17.4. The molecule has 0 spiro atoms. The Balaban J connectivity index is 0.000000283. The third kappa shape index (κ3) is 4.74. The van der Waals surface area contributed by atoms with E-state index in [-0.39, 0.29) is 15.9 Å². The van der Waals surface area contributed by atoms with Crippen LogP contribution in [-0.2, 0) is 10.0 Å². The van der Waals surface area contributed by atoms with Crippen molar-refractivity contribution >= 4 is 27.9 Å². The quantitative estimate of drug-likeness (QED) is 0.442. The minimum Gasteiger partial charge on any atom is -0.368 e. The number of H-pyrrole nitrogens is 1. The number of terminal acetylenes is 1. The SMILES string of the molecule is C#Cc1ccccc1N(C(O)c1ccc[nH]c1=S)S(C)(=O)=O.C1=CC2=CC=C1C2. The van der Waals surface area contributed by atoms with Crippen molar-refractivity contribution in [3.63, 3.8) is 0 Å². The van der Waals surface area contributed by atoms with E-state index in [0.29, 0.717) is 5.56 Å². The largest absolute Gasteiger partial charge is 0.368 e. The van der Waals surface area contributed by atoms with Crippen LogP contribution in [0.1, 0.15) is 23.8 Å². The predicted molar refractivity (Wildman–Crippen MR) is 118 cm³/mol. The van der Waals surface area contributed by atoms with Gasteiger partial charge >= 0.3 is 0 Å². The van der Waals surface area contributed by atoms with Gasteiger partial charge in [0.15, 0.2) is 6.23 Å². The molecular formula is C22H20N2O3S2. The number of hydrogen-bond donors (Lipinski definition) is 2. The first-order chi connectivity index (χ1) is 13.8.